The third-order valence-electron chi connectivity index (χ3n) is 1.96. The second kappa shape index (κ2) is 13.4. The summed E-state index contributed by atoms with van der Waals surface area (Å²) in [5.74, 6) is 0. The summed E-state index contributed by atoms with van der Waals surface area (Å²) in [4.78, 5) is 0.430. The predicted octanol–water partition coefficient (Wildman–Crippen LogP) is 1.86. The van der Waals surface area contributed by atoms with Crippen LogP contribution in [0.1, 0.15) is 12.8 Å². The highest BCUT2D eigenvalue weighted by atomic mass is 79.9. The van der Waals surface area contributed by atoms with Crippen molar-refractivity contribution in [3.05, 3.63) is 0 Å². The Labute approximate surface area is 107 Å². The minimum atomic E-state index is 0.430. The summed E-state index contributed by atoms with van der Waals surface area (Å²) in [6, 6.07) is 0. The van der Waals surface area contributed by atoms with E-state index in [1.807, 2.05) is 0 Å². The lowest BCUT2D eigenvalue weighted by Crippen LogP contribution is -2.11. The van der Waals surface area contributed by atoms with Gasteiger partial charge < -0.3 is 18.9 Å². The van der Waals surface area contributed by atoms with E-state index in [0.29, 0.717) is 31.3 Å². The average molecular weight is 299 g/mol. The zero-order chi connectivity index (χ0) is 12.1. The fourth-order valence-electron chi connectivity index (χ4n) is 1.14. The van der Waals surface area contributed by atoms with Crippen LogP contribution in [0.3, 0.4) is 0 Å². The van der Waals surface area contributed by atoms with Crippen LogP contribution in [0.2, 0.25) is 0 Å². The molecule has 0 aromatic rings. The summed E-state index contributed by atoms with van der Waals surface area (Å²) in [5.41, 5.74) is 0. The molecule has 4 nitrogen and oxygen atoms in total. The minimum absolute atomic E-state index is 0.430. The Kier molecular flexibility index (Phi) is 13.7. The molecule has 0 saturated carbocycles. The topological polar surface area (TPSA) is 36.9 Å². The first-order valence-electron chi connectivity index (χ1n) is 5.58. The van der Waals surface area contributed by atoms with Crippen LogP contribution in [0.15, 0.2) is 0 Å². The first-order chi connectivity index (χ1) is 7.81. The Balaban J connectivity index is 2.98. The second-order valence-electron chi connectivity index (χ2n) is 3.41. The Morgan fingerprint density at radius 2 is 1.50 bits per heavy atom. The smallest absolute Gasteiger partial charge is 0.0701 e. The van der Waals surface area contributed by atoms with Gasteiger partial charge in [-0.15, -0.1) is 0 Å². The van der Waals surface area contributed by atoms with E-state index >= 15 is 0 Å². The van der Waals surface area contributed by atoms with Gasteiger partial charge in [0.2, 0.25) is 0 Å². The molecular weight excluding hydrogens is 276 g/mol. The molecule has 98 valence electrons. The van der Waals surface area contributed by atoms with Crippen molar-refractivity contribution >= 4 is 15.9 Å². The first-order valence-corrected chi connectivity index (χ1v) is 6.50. The largest absolute Gasteiger partial charge is 0.384 e. The van der Waals surface area contributed by atoms with Gasteiger partial charge in [0, 0.05) is 25.7 Å². The molecule has 0 N–H and O–H groups in total. The molecular formula is C11H23BrO4. The molecule has 0 spiro atoms. The number of ether oxygens (including phenoxy) is 4. The van der Waals surface area contributed by atoms with Crippen molar-refractivity contribution in [3.63, 3.8) is 0 Å². The van der Waals surface area contributed by atoms with Crippen molar-refractivity contribution in [1.29, 1.82) is 0 Å². The Hall–Kier alpha value is 0.320. The van der Waals surface area contributed by atoms with Crippen molar-refractivity contribution in [2.45, 2.75) is 17.7 Å². The quantitative estimate of drug-likeness (QED) is 0.407. The van der Waals surface area contributed by atoms with Crippen molar-refractivity contribution < 1.29 is 18.9 Å². The molecule has 1 unspecified atom stereocenters. The van der Waals surface area contributed by atoms with Gasteiger partial charge in [-0.05, 0) is 12.8 Å². The number of rotatable bonds is 12. The van der Waals surface area contributed by atoms with Gasteiger partial charge in [-0.2, -0.15) is 0 Å². The van der Waals surface area contributed by atoms with E-state index in [0.717, 1.165) is 26.1 Å². The molecule has 16 heavy (non-hydrogen) atoms. The summed E-state index contributed by atoms with van der Waals surface area (Å²) in [6.45, 7) is 4.10. The average Bonchev–Trinajstić information content (AvgIpc) is 2.27. The summed E-state index contributed by atoms with van der Waals surface area (Å²) >= 11 is 3.53. The first kappa shape index (κ1) is 16.3. The molecule has 0 aromatic heterocycles. The fraction of sp³-hybridized carbons (Fsp3) is 1.00. The Morgan fingerprint density at radius 3 is 2.12 bits per heavy atom. The van der Waals surface area contributed by atoms with Crippen LogP contribution in [0.5, 0.6) is 0 Å². The zero-order valence-electron chi connectivity index (χ0n) is 10.2. The van der Waals surface area contributed by atoms with E-state index in [1.54, 1.807) is 14.2 Å². The zero-order valence-corrected chi connectivity index (χ0v) is 11.8. The van der Waals surface area contributed by atoms with Crippen LogP contribution in [-0.4, -0.2) is 58.7 Å². The SMILES string of the molecule is COCCOCCOCCCC(Br)COC. The third kappa shape index (κ3) is 12.4. The summed E-state index contributed by atoms with van der Waals surface area (Å²) in [5, 5.41) is 0. The molecule has 0 aliphatic rings. The van der Waals surface area contributed by atoms with E-state index in [4.69, 9.17) is 18.9 Å². The van der Waals surface area contributed by atoms with Gasteiger partial charge in [0.15, 0.2) is 0 Å². The predicted molar refractivity (Wildman–Crippen MR) is 67.3 cm³/mol. The monoisotopic (exact) mass is 298 g/mol. The molecule has 1 atom stereocenters. The minimum Gasteiger partial charge on any atom is -0.384 e. The van der Waals surface area contributed by atoms with Gasteiger partial charge in [-0.25, -0.2) is 0 Å². The van der Waals surface area contributed by atoms with Crippen LogP contribution in [0.25, 0.3) is 0 Å². The molecule has 5 heteroatoms. The highest BCUT2D eigenvalue weighted by Gasteiger charge is 2.02. The number of alkyl halides is 1. The van der Waals surface area contributed by atoms with Gasteiger partial charge >= 0.3 is 0 Å². The number of hydrogen-bond acceptors (Lipinski definition) is 4. The maximum Gasteiger partial charge on any atom is 0.0701 e. The van der Waals surface area contributed by atoms with E-state index < -0.39 is 0 Å². The van der Waals surface area contributed by atoms with Crippen molar-refractivity contribution in [2.24, 2.45) is 0 Å². The second-order valence-corrected chi connectivity index (χ2v) is 4.71. The van der Waals surface area contributed by atoms with E-state index in [2.05, 4.69) is 15.9 Å². The summed E-state index contributed by atoms with van der Waals surface area (Å²) in [6.07, 6.45) is 2.11. The lowest BCUT2D eigenvalue weighted by Gasteiger charge is -2.08. The van der Waals surface area contributed by atoms with E-state index in [9.17, 15) is 0 Å². The molecule has 0 amide bonds. The molecule has 0 fully saturated rings. The molecule has 0 rings (SSSR count). The van der Waals surface area contributed by atoms with Crippen molar-refractivity contribution in [3.8, 4) is 0 Å². The van der Waals surface area contributed by atoms with Crippen molar-refractivity contribution in [1.82, 2.24) is 0 Å². The van der Waals surface area contributed by atoms with Crippen LogP contribution in [-0.2, 0) is 18.9 Å². The van der Waals surface area contributed by atoms with Gasteiger partial charge in [0.25, 0.3) is 0 Å². The van der Waals surface area contributed by atoms with E-state index in [1.165, 1.54) is 0 Å². The molecule has 0 aliphatic heterocycles. The fourth-order valence-corrected chi connectivity index (χ4v) is 1.72. The molecule has 0 heterocycles. The van der Waals surface area contributed by atoms with Crippen LogP contribution >= 0.6 is 15.9 Å². The van der Waals surface area contributed by atoms with Crippen LogP contribution in [0, 0.1) is 0 Å². The van der Waals surface area contributed by atoms with Gasteiger partial charge in [0.05, 0.1) is 33.0 Å². The van der Waals surface area contributed by atoms with Gasteiger partial charge in [0.1, 0.15) is 0 Å². The molecule has 0 bridgehead atoms. The lowest BCUT2D eigenvalue weighted by molar-refractivity contribution is 0.0238. The number of methoxy groups -OCH3 is 2. The summed E-state index contributed by atoms with van der Waals surface area (Å²) < 4.78 is 20.5. The highest BCUT2D eigenvalue weighted by Crippen LogP contribution is 2.07. The summed E-state index contributed by atoms with van der Waals surface area (Å²) in [7, 11) is 3.37. The molecule has 0 aliphatic carbocycles. The molecule has 0 radical (unpaired) electrons. The Morgan fingerprint density at radius 1 is 0.875 bits per heavy atom. The maximum atomic E-state index is 5.41. The third-order valence-corrected chi connectivity index (χ3v) is 2.68. The highest BCUT2D eigenvalue weighted by molar-refractivity contribution is 9.09. The number of halogens is 1. The Bertz CT molecular complexity index is 135. The lowest BCUT2D eigenvalue weighted by atomic mass is 10.2. The molecule has 0 saturated heterocycles. The standard InChI is InChI=1S/C11H23BrO4/c1-13-6-7-16-9-8-15-5-3-4-11(12)10-14-2/h11H,3-10H2,1-2H3. The van der Waals surface area contributed by atoms with Gasteiger partial charge in [-0.1, -0.05) is 15.9 Å². The van der Waals surface area contributed by atoms with Crippen molar-refractivity contribution in [2.75, 3.05) is 53.9 Å². The van der Waals surface area contributed by atoms with Gasteiger partial charge in [-0.3, -0.25) is 0 Å². The molecule has 0 aromatic carbocycles. The maximum absolute atomic E-state index is 5.41. The van der Waals surface area contributed by atoms with Crippen LogP contribution < -0.4 is 0 Å². The van der Waals surface area contributed by atoms with E-state index in [-0.39, 0.29) is 0 Å². The van der Waals surface area contributed by atoms with Crippen LogP contribution in [0.4, 0.5) is 0 Å². The normalized spacial score (nSPS) is 12.9. The number of hydrogen-bond donors (Lipinski definition) is 0.